The highest BCUT2D eigenvalue weighted by atomic mass is 35.5. The third kappa shape index (κ3) is 4.49. The summed E-state index contributed by atoms with van der Waals surface area (Å²) in [5, 5.41) is -0.0818. The van der Waals surface area contributed by atoms with E-state index in [9.17, 15) is 18.0 Å². The molecule has 3 rings (SSSR count). The van der Waals surface area contributed by atoms with E-state index in [4.69, 9.17) is 28.9 Å². The Balaban J connectivity index is 2.27. The number of rotatable bonds is 5. The molecule has 10 heteroatoms. The number of hydrogen-bond acceptors (Lipinski definition) is 3. The van der Waals surface area contributed by atoms with Crippen molar-refractivity contribution in [3.63, 3.8) is 0 Å². The zero-order valence-corrected chi connectivity index (χ0v) is 17.0. The number of carbonyl (C=O) groups excluding carboxylic acids is 1. The van der Waals surface area contributed by atoms with E-state index in [1.54, 1.807) is 41.8 Å². The van der Waals surface area contributed by atoms with Gasteiger partial charge >= 0.3 is 6.18 Å². The second-order valence-corrected chi connectivity index (χ2v) is 7.11. The van der Waals surface area contributed by atoms with Gasteiger partial charge in [0.05, 0.1) is 22.0 Å². The van der Waals surface area contributed by atoms with Crippen molar-refractivity contribution < 1.29 is 18.0 Å². The number of amides is 1. The first-order valence-electron chi connectivity index (χ1n) is 8.59. The van der Waals surface area contributed by atoms with E-state index in [-0.39, 0.29) is 15.9 Å². The highest BCUT2D eigenvalue weighted by Crippen LogP contribution is 2.37. The van der Waals surface area contributed by atoms with Gasteiger partial charge in [0.2, 0.25) is 5.91 Å². The van der Waals surface area contributed by atoms with Gasteiger partial charge in [-0.2, -0.15) is 13.2 Å². The molecule has 1 unspecified atom stereocenters. The summed E-state index contributed by atoms with van der Waals surface area (Å²) in [7, 11) is 0. The van der Waals surface area contributed by atoms with Crippen molar-refractivity contribution in [3.8, 4) is 0 Å². The highest BCUT2D eigenvalue weighted by Gasteiger charge is 2.33. The lowest BCUT2D eigenvalue weighted by molar-refractivity contribution is -0.137. The third-order valence-electron chi connectivity index (χ3n) is 4.31. The second kappa shape index (κ2) is 8.49. The topological polar surface area (TPSA) is 73.8 Å². The van der Waals surface area contributed by atoms with Gasteiger partial charge in [-0.3, -0.25) is 9.78 Å². The molecule has 0 aliphatic heterocycles. The van der Waals surface area contributed by atoms with Gasteiger partial charge in [0, 0.05) is 12.3 Å². The Morgan fingerprint density at radius 2 is 1.90 bits per heavy atom. The maximum Gasteiger partial charge on any atom is 0.417 e. The standard InChI is InChI=1S/C20H15Cl2F3N4O/c1-11-28-19(22)15(7-8-16(26)30)29(11)18(12-5-3-2-4-6-12)17-14(21)9-13(10-27-17)20(23,24)25/h2-10,18H,1H3,(H2,26,30)/b8-7+. The quantitative estimate of drug-likeness (QED) is 0.548. The first-order valence-corrected chi connectivity index (χ1v) is 9.34. The minimum atomic E-state index is -4.58. The van der Waals surface area contributed by atoms with Crippen molar-refractivity contribution in [2.75, 3.05) is 0 Å². The minimum absolute atomic E-state index is 0.0916. The monoisotopic (exact) mass is 454 g/mol. The number of imidazole rings is 1. The Bertz CT molecular complexity index is 1110. The number of nitrogens with zero attached hydrogens (tertiary/aromatic N) is 3. The van der Waals surface area contributed by atoms with E-state index in [2.05, 4.69) is 9.97 Å². The van der Waals surface area contributed by atoms with E-state index in [0.29, 0.717) is 17.1 Å². The van der Waals surface area contributed by atoms with Gasteiger partial charge in [-0.05, 0) is 24.6 Å². The zero-order valence-electron chi connectivity index (χ0n) is 15.5. The van der Waals surface area contributed by atoms with Crippen molar-refractivity contribution in [3.05, 3.63) is 87.2 Å². The normalized spacial score (nSPS) is 13.0. The third-order valence-corrected chi connectivity index (χ3v) is 4.90. The van der Waals surface area contributed by atoms with Crippen LogP contribution in [0.2, 0.25) is 10.2 Å². The summed E-state index contributed by atoms with van der Waals surface area (Å²) in [5.74, 6) is -0.255. The molecule has 0 fully saturated rings. The number of alkyl halides is 3. The van der Waals surface area contributed by atoms with Gasteiger partial charge < -0.3 is 10.3 Å². The van der Waals surface area contributed by atoms with Crippen molar-refractivity contribution in [1.29, 1.82) is 0 Å². The van der Waals surface area contributed by atoms with Gasteiger partial charge in [0.25, 0.3) is 0 Å². The maximum atomic E-state index is 13.1. The fourth-order valence-corrected chi connectivity index (χ4v) is 3.58. The van der Waals surface area contributed by atoms with Gasteiger partial charge in [0.1, 0.15) is 11.9 Å². The number of hydrogen-bond donors (Lipinski definition) is 1. The van der Waals surface area contributed by atoms with Crippen LogP contribution in [0.4, 0.5) is 13.2 Å². The molecule has 0 radical (unpaired) electrons. The number of aryl methyl sites for hydroxylation is 1. The van der Waals surface area contributed by atoms with Crippen LogP contribution >= 0.6 is 23.2 Å². The van der Waals surface area contributed by atoms with E-state index >= 15 is 0 Å². The Labute approximate surface area is 180 Å². The van der Waals surface area contributed by atoms with Gasteiger partial charge in [-0.15, -0.1) is 0 Å². The zero-order chi connectivity index (χ0) is 22.1. The summed E-state index contributed by atoms with van der Waals surface area (Å²) in [6.07, 6.45) is -1.35. The molecule has 0 aliphatic carbocycles. The Hall–Kier alpha value is -2.84. The predicted octanol–water partition coefficient (Wildman–Crippen LogP) is 5.05. The molecule has 1 atom stereocenters. The molecule has 0 saturated heterocycles. The van der Waals surface area contributed by atoms with Crippen molar-refractivity contribution in [1.82, 2.24) is 14.5 Å². The van der Waals surface area contributed by atoms with Gasteiger partial charge in [-0.25, -0.2) is 4.98 Å². The first-order chi connectivity index (χ1) is 14.1. The Morgan fingerprint density at radius 3 is 2.47 bits per heavy atom. The summed E-state index contributed by atoms with van der Waals surface area (Å²) < 4.78 is 40.8. The van der Waals surface area contributed by atoms with Crippen LogP contribution in [0.15, 0.2) is 48.7 Å². The Morgan fingerprint density at radius 1 is 1.23 bits per heavy atom. The molecule has 0 bridgehead atoms. The number of benzene rings is 1. The summed E-state index contributed by atoms with van der Waals surface area (Å²) in [4.78, 5) is 19.5. The summed E-state index contributed by atoms with van der Waals surface area (Å²) in [5.41, 5.74) is 5.41. The number of pyridine rings is 1. The molecule has 0 spiro atoms. The molecule has 1 amide bonds. The van der Waals surface area contributed by atoms with E-state index in [1.165, 1.54) is 6.08 Å². The van der Waals surface area contributed by atoms with Crippen LogP contribution in [0.5, 0.6) is 0 Å². The first kappa shape index (κ1) is 21.9. The van der Waals surface area contributed by atoms with Crippen molar-refractivity contribution in [2.45, 2.75) is 19.1 Å². The Kier molecular flexibility index (Phi) is 6.19. The molecule has 30 heavy (non-hydrogen) atoms. The van der Waals surface area contributed by atoms with Crippen LogP contribution in [-0.4, -0.2) is 20.4 Å². The second-order valence-electron chi connectivity index (χ2n) is 6.34. The minimum Gasteiger partial charge on any atom is -0.366 e. The maximum absolute atomic E-state index is 13.1. The lowest BCUT2D eigenvalue weighted by Crippen LogP contribution is -2.18. The lowest BCUT2D eigenvalue weighted by atomic mass is 10.0. The lowest BCUT2D eigenvalue weighted by Gasteiger charge is -2.23. The number of carbonyl (C=O) groups is 1. The van der Waals surface area contributed by atoms with Crippen LogP contribution in [0.25, 0.3) is 6.08 Å². The molecule has 5 nitrogen and oxygen atoms in total. The van der Waals surface area contributed by atoms with Crippen LogP contribution in [0.3, 0.4) is 0 Å². The van der Waals surface area contributed by atoms with E-state index in [0.717, 1.165) is 18.3 Å². The number of halogens is 5. The van der Waals surface area contributed by atoms with E-state index < -0.39 is 23.7 Å². The summed E-state index contributed by atoms with van der Waals surface area (Å²) in [6.45, 7) is 1.67. The molecule has 0 saturated carbocycles. The molecule has 1 aromatic carbocycles. The smallest absolute Gasteiger partial charge is 0.366 e. The van der Waals surface area contributed by atoms with Crippen molar-refractivity contribution >= 4 is 35.2 Å². The molecule has 2 N–H and O–H groups in total. The van der Waals surface area contributed by atoms with Crippen LogP contribution in [0, 0.1) is 6.92 Å². The van der Waals surface area contributed by atoms with Crippen molar-refractivity contribution in [2.24, 2.45) is 5.73 Å². The van der Waals surface area contributed by atoms with Gasteiger partial charge in [-0.1, -0.05) is 53.5 Å². The fraction of sp³-hybridized carbons (Fsp3) is 0.150. The molecule has 3 aromatic rings. The predicted molar refractivity (Wildman–Crippen MR) is 108 cm³/mol. The highest BCUT2D eigenvalue weighted by molar-refractivity contribution is 6.31. The summed E-state index contributed by atoms with van der Waals surface area (Å²) in [6, 6.07) is 8.95. The number of aromatic nitrogens is 3. The molecular formula is C20H15Cl2F3N4O. The average molecular weight is 455 g/mol. The van der Waals surface area contributed by atoms with E-state index in [1.807, 2.05) is 0 Å². The number of nitrogens with two attached hydrogens (primary N) is 1. The summed E-state index contributed by atoms with van der Waals surface area (Å²) >= 11 is 12.5. The van der Waals surface area contributed by atoms with Gasteiger partial charge in [0.15, 0.2) is 5.15 Å². The molecule has 156 valence electrons. The fourth-order valence-electron chi connectivity index (χ4n) is 3.03. The SMILES string of the molecule is Cc1nc(Cl)c(/C=C/C(N)=O)n1C(c1ccccc1)c1ncc(C(F)(F)F)cc1Cl. The molecule has 2 aromatic heterocycles. The average Bonchev–Trinajstić information content (AvgIpc) is 2.95. The van der Waals surface area contributed by atoms with Crippen LogP contribution in [0.1, 0.15) is 34.4 Å². The molecular weight excluding hydrogens is 440 g/mol. The molecule has 2 heterocycles. The number of primary amides is 1. The van der Waals surface area contributed by atoms with Crippen LogP contribution < -0.4 is 5.73 Å². The molecule has 0 aliphatic rings. The van der Waals surface area contributed by atoms with Crippen LogP contribution in [-0.2, 0) is 11.0 Å². The largest absolute Gasteiger partial charge is 0.417 e.